The molecule has 0 aliphatic carbocycles. The van der Waals surface area contributed by atoms with Crippen molar-refractivity contribution < 1.29 is 0 Å². The van der Waals surface area contributed by atoms with E-state index in [0.717, 1.165) is 66.8 Å². The van der Waals surface area contributed by atoms with Gasteiger partial charge in [0, 0.05) is 34.6 Å². The predicted octanol–water partition coefficient (Wildman–Crippen LogP) is 11.9. The fourth-order valence-electron chi connectivity index (χ4n) is 6.66. The Morgan fingerprint density at radius 1 is 0.268 bits per heavy atom. The molecule has 2 heterocycles. The maximum absolute atomic E-state index is 9.03. The first-order chi connectivity index (χ1) is 27.7. The molecule has 2 aromatic heterocycles. The zero-order valence-electron chi connectivity index (χ0n) is 30.2. The van der Waals surface area contributed by atoms with Crippen molar-refractivity contribution in [3.63, 3.8) is 0 Å². The van der Waals surface area contributed by atoms with Gasteiger partial charge >= 0.3 is 0 Å². The molecule has 6 nitrogen and oxygen atoms in total. The predicted molar refractivity (Wildman–Crippen MR) is 224 cm³/mol. The van der Waals surface area contributed by atoms with Crippen molar-refractivity contribution in [2.24, 2.45) is 0 Å². The zero-order chi connectivity index (χ0) is 37.7. The highest BCUT2D eigenvalue weighted by molar-refractivity contribution is 5.75. The molecule has 6 heteroatoms. The average molecular weight is 717 g/mol. The molecule has 0 atom stereocenters. The van der Waals surface area contributed by atoms with Crippen LogP contribution in [-0.2, 0) is 0 Å². The van der Waals surface area contributed by atoms with Gasteiger partial charge in [0.1, 0.15) is 6.07 Å². The van der Waals surface area contributed by atoms with Crippen LogP contribution in [0.5, 0.6) is 0 Å². The van der Waals surface area contributed by atoms with Crippen LogP contribution in [0.25, 0.3) is 90.1 Å². The van der Waals surface area contributed by atoms with Gasteiger partial charge in [0.25, 0.3) is 0 Å². The Morgan fingerprint density at radius 3 is 0.768 bits per heavy atom. The molecule has 9 rings (SSSR count). The molecule has 0 amide bonds. The van der Waals surface area contributed by atoms with E-state index in [4.69, 9.17) is 20.2 Å². The summed E-state index contributed by atoms with van der Waals surface area (Å²) in [6, 6.07) is 64.6. The second-order valence-electron chi connectivity index (χ2n) is 13.3. The lowest BCUT2D eigenvalue weighted by Gasteiger charge is -2.10. The molecular formula is C50H32N6. The molecule has 0 bridgehead atoms. The molecule has 56 heavy (non-hydrogen) atoms. The number of nitrogens with zero attached hydrogens (tertiary/aromatic N) is 6. The third kappa shape index (κ3) is 7.21. The third-order valence-electron chi connectivity index (χ3n) is 9.75. The maximum atomic E-state index is 9.03. The van der Waals surface area contributed by atoms with Gasteiger partial charge < -0.3 is 0 Å². The van der Waals surface area contributed by atoms with E-state index in [-0.39, 0.29) is 0 Å². The van der Waals surface area contributed by atoms with Gasteiger partial charge in [0.05, 0.1) is 5.56 Å². The van der Waals surface area contributed by atoms with Crippen LogP contribution in [0.3, 0.4) is 0 Å². The minimum Gasteiger partial charge on any atom is -0.235 e. The minimum absolute atomic E-state index is 0.441. The van der Waals surface area contributed by atoms with Gasteiger partial charge in [-0.25, -0.2) is 24.9 Å². The van der Waals surface area contributed by atoms with Crippen molar-refractivity contribution in [3.8, 4) is 96.1 Å². The van der Waals surface area contributed by atoms with E-state index in [9.17, 15) is 0 Å². The molecule has 0 fully saturated rings. The summed E-state index contributed by atoms with van der Waals surface area (Å²) in [5.74, 6) is 2.44. The van der Waals surface area contributed by atoms with Gasteiger partial charge in [-0.05, 0) is 44.5 Å². The highest BCUT2D eigenvalue weighted by Crippen LogP contribution is 2.31. The lowest BCUT2D eigenvalue weighted by molar-refractivity contribution is 1.07. The fourth-order valence-corrected chi connectivity index (χ4v) is 6.66. The summed E-state index contributed by atoms with van der Waals surface area (Å²) >= 11 is 0. The van der Waals surface area contributed by atoms with Crippen LogP contribution in [-0.4, -0.2) is 24.9 Å². The minimum atomic E-state index is 0.441. The van der Waals surface area contributed by atoms with Gasteiger partial charge in [-0.3, -0.25) is 0 Å². The Morgan fingerprint density at radius 2 is 0.500 bits per heavy atom. The first-order valence-electron chi connectivity index (χ1n) is 18.3. The number of hydrogen-bond acceptors (Lipinski definition) is 6. The quantitative estimate of drug-likeness (QED) is 0.156. The van der Waals surface area contributed by atoms with Crippen molar-refractivity contribution in [2.45, 2.75) is 0 Å². The summed E-state index contributed by atoms with van der Waals surface area (Å²) in [5, 5.41) is 9.03. The zero-order valence-corrected chi connectivity index (χ0v) is 30.2. The number of rotatable bonds is 8. The van der Waals surface area contributed by atoms with Crippen LogP contribution >= 0.6 is 0 Å². The smallest absolute Gasteiger partial charge is 0.164 e. The van der Waals surface area contributed by atoms with Crippen LogP contribution in [0.15, 0.2) is 194 Å². The number of aromatic nitrogens is 5. The van der Waals surface area contributed by atoms with E-state index in [1.54, 1.807) is 0 Å². The second kappa shape index (κ2) is 15.2. The number of benzene rings is 7. The molecule has 0 radical (unpaired) electrons. The fraction of sp³-hybridized carbons (Fsp3) is 0. The van der Waals surface area contributed by atoms with E-state index in [1.807, 2.05) is 48.5 Å². The SMILES string of the molecule is N#Cc1cnc(-c2ccc(-c3ccc(-c4ccc(-c5nc(-c6ccc(-c7ccccc7)cc6)nc(-c6ccc(-c7ccccc7)cc6)n5)cc4)cc3)cc2)nc1. The van der Waals surface area contributed by atoms with Crippen LogP contribution < -0.4 is 0 Å². The first-order valence-corrected chi connectivity index (χ1v) is 18.3. The Kier molecular flexibility index (Phi) is 9.23. The highest BCUT2D eigenvalue weighted by Gasteiger charge is 2.14. The van der Waals surface area contributed by atoms with Gasteiger partial charge in [-0.2, -0.15) is 5.26 Å². The van der Waals surface area contributed by atoms with E-state index < -0.39 is 0 Å². The lowest BCUT2D eigenvalue weighted by Crippen LogP contribution is -2.00. The molecule has 0 spiro atoms. The summed E-state index contributed by atoms with van der Waals surface area (Å²) in [7, 11) is 0. The Labute approximate surface area is 325 Å². The van der Waals surface area contributed by atoms with Gasteiger partial charge in [-0.1, -0.05) is 182 Å². The molecule has 7 aromatic carbocycles. The van der Waals surface area contributed by atoms with E-state index in [2.05, 4.69) is 149 Å². The summed E-state index contributed by atoms with van der Waals surface area (Å²) in [6.07, 6.45) is 3.08. The van der Waals surface area contributed by atoms with Crippen molar-refractivity contribution in [2.75, 3.05) is 0 Å². The summed E-state index contributed by atoms with van der Waals surface area (Å²) in [5.41, 5.74) is 13.1. The van der Waals surface area contributed by atoms with Crippen LogP contribution in [0.2, 0.25) is 0 Å². The van der Waals surface area contributed by atoms with Gasteiger partial charge in [0.15, 0.2) is 23.3 Å². The van der Waals surface area contributed by atoms with Gasteiger partial charge in [-0.15, -0.1) is 0 Å². The summed E-state index contributed by atoms with van der Waals surface area (Å²) < 4.78 is 0. The first kappa shape index (κ1) is 33.9. The largest absolute Gasteiger partial charge is 0.235 e. The van der Waals surface area contributed by atoms with Crippen LogP contribution in [0.4, 0.5) is 0 Å². The Bertz CT molecular complexity index is 2680. The normalized spacial score (nSPS) is 10.8. The summed E-state index contributed by atoms with van der Waals surface area (Å²) in [4.78, 5) is 23.6. The van der Waals surface area contributed by atoms with Crippen molar-refractivity contribution >= 4 is 0 Å². The Balaban J connectivity index is 0.995. The molecule has 0 saturated carbocycles. The van der Waals surface area contributed by atoms with Crippen molar-refractivity contribution in [1.29, 1.82) is 5.26 Å². The van der Waals surface area contributed by atoms with Crippen molar-refractivity contribution in [1.82, 2.24) is 24.9 Å². The van der Waals surface area contributed by atoms with Crippen LogP contribution in [0.1, 0.15) is 5.56 Å². The molecule has 0 N–H and O–H groups in total. The molecule has 0 aliphatic heterocycles. The maximum Gasteiger partial charge on any atom is 0.164 e. The monoisotopic (exact) mass is 716 g/mol. The number of nitriles is 1. The third-order valence-corrected chi connectivity index (χ3v) is 9.75. The standard InChI is InChI=1S/C50H32N6/c51-31-34-32-52-47(53-33-34)43-23-15-41(16-24-43)39-11-13-40(14-12-39)42-21-29-46(30-22-42)50-55-48(44-25-17-37(18-26-44)35-7-3-1-4-8-35)54-49(56-50)45-27-19-38(20-28-45)36-9-5-2-6-10-36/h1-30,32-33H. The topological polar surface area (TPSA) is 88.2 Å². The van der Waals surface area contributed by atoms with Gasteiger partial charge in [0.2, 0.25) is 0 Å². The molecule has 0 aliphatic rings. The second-order valence-corrected chi connectivity index (χ2v) is 13.3. The van der Waals surface area contributed by atoms with E-state index in [0.29, 0.717) is 28.9 Å². The van der Waals surface area contributed by atoms with E-state index >= 15 is 0 Å². The lowest BCUT2D eigenvalue weighted by atomic mass is 9.99. The molecule has 0 unspecified atom stereocenters. The van der Waals surface area contributed by atoms with E-state index in [1.165, 1.54) is 12.4 Å². The molecule has 9 aromatic rings. The Hall–Kier alpha value is -7.88. The van der Waals surface area contributed by atoms with Crippen molar-refractivity contribution in [3.05, 3.63) is 200 Å². The molecular weight excluding hydrogens is 685 g/mol. The summed E-state index contributed by atoms with van der Waals surface area (Å²) in [6.45, 7) is 0. The molecule has 0 saturated heterocycles. The highest BCUT2D eigenvalue weighted by atomic mass is 15.0. The van der Waals surface area contributed by atoms with Crippen LogP contribution in [0, 0.1) is 11.3 Å². The molecule has 262 valence electrons. The number of hydrogen-bond donors (Lipinski definition) is 0. The average Bonchev–Trinajstić information content (AvgIpc) is 3.30.